The summed E-state index contributed by atoms with van der Waals surface area (Å²) in [4.78, 5) is 18.4. The third-order valence-corrected chi connectivity index (χ3v) is 5.61. The highest BCUT2D eigenvalue weighted by atomic mass is 79.9. The summed E-state index contributed by atoms with van der Waals surface area (Å²) >= 11 is 5.25. The van der Waals surface area contributed by atoms with Gasteiger partial charge < -0.3 is 5.32 Å². The second kappa shape index (κ2) is 8.25. The summed E-state index contributed by atoms with van der Waals surface area (Å²) in [5.74, 6) is 0.0622. The van der Waals surface area contributed by atoms with Gasteiger partial charge in [0, 0.05) is 47.8 Å². The Morgan fingerprint density at radius 2 is 1.96 bits per heavy atom. The van der Waals surface area contributed by atoms with Crippen molar-refractivity contribution in [3.63, 3.8) is 0 Å². The van der Waals surface area contributed by atoms with Crippen LogP contribution < -0.4 is 5.32 Å². The van der Waals surface area contributed by atoms with E-state index in [0.717, 1.165) is 48.4 Å². The van der Waals surface area contributed by atoms with Crippen molar-refractivity contribution in [1.82, 2.24) is 9.80 Å². The molecule has 24 heavy (non-hydrogen) atoms. The molecule has 0 aliphatic carbocycles. The minimum Gasteiger partial charge on any atom is -0.325 e. The number of rotatable bonds is 5. The van der Waals surface area contributed by atoms with Crippen LogP contribution in [-0.4, -0.2) is 48.4 Å². The number of benzene rings is 1. The standard InChI is InChI=1S/C18H22BrN3OS/c1-14-11-15(19)4-5-17(14)20-18(23)13-22-8-6-21(7-9-22)12-16-3-2-10-24-16/h2-5,10-11H,6-9,12-13H2,1H3,(H,20,23). The van der Waals surface area contributed by atoms with E-state index in [4.69, 9.17) is 0 Å². The maximum absolute atomic E-state index is 12.3. The van der Waals surface area contributed by atoms with E-state index in [2.05, 4.69) is 48.6 Å². The number of anilines is 1. The number of nitrogens with zero attached hydrogens (tertiary/aromatic N) is 2. The van der Waals surface area contributed by atoms with Gasteiger partial charge in [0.2, 0.25) is 5.91 Å². The fourth-order valence-electron chi connectivity index (χ4n) is 2.89. The molecule has 1 aromatic carbocycles. The van der Waals surface area contributed by atoms with Crippen LogP contribution in [0.4, 0.5) is 5.69 Å². The highest BCUT2D eigenvalue weighted by Gasteiger charge is 2.19. The average Bonchev–Trinajstić information content (AvgIpc) is 3.05. The molecule has 128 valence electrons. The van der Waals surface area contributed by atoms with Crippen molar-refractivity contribution in [2.24, 2.45) is 0 Å². The van der Waals surface area contributed by atoms with Crippen LogP contribution in [0.5, 0.6) is 0 Å². The number of thiophene rings is 1. The minimum absolute atomic E-state index is 0.0622. The Morgan fingerprint density at radius 1 is 1.21 bits per heavy atom. The number of hydrogen-bond acceptors (Lipinski definition) is 4. The highest BCUT2D eigenvalue weighted by Crippen LogP contribution is 2.20. The molecule has 0 bridgehead atoms. The summed E-state index contributed by atoms with van der Waals surface area (Å²) < 4.78 is 1.03. The zero-order chi connectivity index (χ0) is 16.9. The van der Waals surface area contributed by atoms with Crippen molar-refractivity contribution in [3.05, 3.63) is 50.6 Å². The van der Waals surface area contributed by atoms with Crippen LogP contribution in [-0.2, 0) is 11.3 Å². The molecule has 3 rings (SSSR count). The number of nitrogens with one attached hydrogen (secondary N) is 1. The first kappa shape index (κ1) is 17.6. The van der Waals surface area contributed by atoms with E-state index in [-0.39, 0.29) is 5.91 Å². The summed E-state index contributed by atoms with van der Waals surface area (Å²) in [5, 5.41) is 5.14. The Morgan fingerprint density at radius 3 is 2.62 bits per heavy atom. The fourth-order valence-corrected chi connectivity index (χ4v) is 4.11. The summed E-state index contributed by atoms with van der Waals surface area (Å²) in [6, 6.07) is 10.2. The third kappa shape index (κ3) is 4.89. The number of carbonyl (C=O) groups is 1. The molecule has 1 fully saturated rings. The predicted molar refractivity (Wildman–Crippen MR) is 104 cm³/mol. The van der Waals surface area contributed by atoms with Crippen LogP contribution in [0.25, 0.3) is 0 Å². The molecule has 0 spiro atoms. The molecule has 1 saturated heterocycles. The predicted octanol–water partition coefficient (Wildman–Crippen LogP) is 3.58. The van der Waals surface area contributed by atoms with Crippen molar-refractivity contribution in [2.45, 2.75) is 13.5 Å². The van der Waals surface area contributed by atoms with E-state index in [1.165, 1.54) is 4.88 Å². The Labute approximate surface area is 155 Å². The molecule has 4 nitrogen and oxygen atoms in total. The number of carbonyl (C=O) groups excluding carboxylic acids is 1. The summed E-state index contributed by atoms with van der Waals surface area (Å²) in [6.45, 7) is 7.41. The molecule has 1 amide bonds. The van der Waals surface area contributed by atoms with Gasteiger partial charge in [-0.25, -0.2) is 0 Å². The lowest BCUT2D eigenvalue weighted by molar-refractivity contribution is -0.117. The Bertz CT molecular complexity index is 682. The maximum atomic E-state index is 12.3. The molecule has 1 N–H and O–H groups in total. The molecule has 0 unspecified atom stereocenters. The lowest BCUT2D eigenvalue weighted by atomic mass is 10.2. The summed E-state index contributed by atoms with van der Waals surface area (Å²) in [6.07, 6.45) is 0. The van der Waals surface area contributed by atoms with Gasteiger partial charge in [0.05, 0.1) is 6.54 Å². The molecule has 1 aliphatic heterocycles. The van der Waals surface area contributed by atoms with Gasteiger partial charge in [-0.1, -0.05) is 22.0 Å². The first-order valence-corrected chi connectivity index (χ1v) is 9.80. The largest absolute Gasteiger partial charge is 0.325 e. The normalized spacial score (nSPS) is 16.2. The van der Waals surface area contributed by atoms with Gasteiger partial charge in [-0.3, -0.25) is 14.6 Å². The smallest absolute Gasteiger partial charge is 0.238 e. The Kier molecular flexibility index (Phi) is 6.05. The zero-order valence-corrected chi connectivity index (χ0v) is 16.2. The van der Waals surface area contributed by atoms with Crippen LogP contribution in [0.1, 0.15) is 10.4 Å². The SMILES string of the molecule is Cc1cc(Br)ccc1NC(=O)CN1CCN(Cc2cccs2)CC1. The number of piperazine rings is 1. The molecule has 6 heteroatoms. The Hall–Kier alpha value is -1.21. The van der Waals surface area contributed by atoms with Crippen LogP contribution in [0, 0.1) is 6.92 Å². The lowest BCUT2D eigenvalue weighted by Crippen LogP contribution is -2.48. The van der Waals surface area contributed by atoms with Crippen molar-refractivity contribution in [2.75, 3.05) is 38.0 Å². The highest BCUT2D eigenvalue weighted by molar-refractivity contribution is 9.10. The lowest BCUT2D eigenvalue weighted by Gasteiger charge is -2.34. The second-order valence-electron chi connectivity index (χ2n) is 6.14. The van der Waals surface area contributed by atoms with Crippen LogP contribution in [0.3, 0.4) is 0 Å². The third-order valence-electron chi connectivity index (χ3n) is 4.25. The molecular weight excluding hydrogens is 386 g/mol. The van der Waals surface area contributed by atoms with Gasteiger partial charge >= 0.3 is 0 Å². The molecular formula is C18H22BrN3OS. The average molecular weight is 408 g/mol. The number of hydrogen-bond donors (Lipinski definition) is 1. The molecule has 1 aromatic heterocycles. The second-order valence-corrected chi connectivity index (χ2v) is 8.09. The van der Waals surface area contributed by atoms with E-state index < -0.39 is 0 Å². The van der Waals surface area contributed by atoms with Crippen LogP contribution in [0.15, 0.2) is 40.2 Å². The van der Waals surface area contributed by atoms with Crippen molar-refractivity contribution < 1.29 is 4.79 Å². The van der Waals surface area contributed by atoms with Crippen molar-refractivity contribution >= 4 is 38.9 Å². The Balaban J connectivity index is 1.44. The van der Waals surface area contributed by atoms with Gasteiger partial charge in [0.1, 0.15) is 0 Å². The van der Waals surface area contributed by atoms with E-state index in [9.17, 15) is 4.79 Å². The number of amides is 1. The molecule has 1 aliphatic rings. The summed E-state index contributed by atoms with van der Waals surface area (Å²) in [5.41, 5.74) is 1.96. The van der Waals surface area contributed by atoms with Crippen LogP contribution >= 0.6 is 27.3 Å². The molecule has 0 saturated carbocycles. The van der Waals surface area contributed by atoms with Gasteiger partial charge in [-0.2, -0.15) is 0 Å². The monoisotopic (exact) mass is 407 g/mol. The first-order valence-electron chi connectivity index (χ1n) is 8.13. The quantitative estimate of drug-likeness (QED) is 0.822. The molecule has 0 radical (unpaired) electrons. The van der Waals surface area contributed by atoms with Crippen molar-refractivity contribution in [1.29, 1.82) is 0 Å². The molecule has 2 aromatic rings. The maximum Gasteiger partial charge on any atom is 0.238 e. The van der Waals surface area contributed by atoms with Gasteiger partial charge in [0.15, 0.2) is 0 Å². The minimum atomic E-state index is 0.0622. The van der Waals surface area contributed by atoms with Gasteiger partial charge in [-0.05, 0) is 42.1 Å². The number of aryl methyl sites for hydroxylation is 1. The van der Waals surface area contributed by atoms with E-state index in [0.29, 0.717) is 6.54 Å². The fraction of sp³-hybridized carbons (Fsp3) is 0.389. The summed E-state index contributed by atoms with van der Waals surface area (Å²) in [7, 11) is 0. The topological polar surface area (TPSA) is 35.6 Å². The van der Waals surface area contributed by atoms with E-state index >= 15 is 0 Å². The van der Waals surface area contributed by atoms with Gasteiger partial charge in [0.25, 0.3) is 0 Å². The first-order chi connectivity index (χ1) is 11.6. The molecule has 2 heterocycles. The van der Waals surface area contributed by atoms with Crippen LogP contribution in [0.2, 0.25) is 0 Å². The van der Waals surface area contributed by atoms with E-state index in [1.807, 2.05) is 36.5 Å². The van der Waals surface area contributed by atoms with E-state index in [1.54, 1.807) is 0 Å². The van der Waals surface area contributed by atoms with Crippen molar-refractivity contribution in [3.8, 4) is 0 Å². The molecule has 0 atom stereocenters. The zero-order valence-electron chi connectivity index (χ0n) is 13.8. The van der Waals surface area contributed by atoms with Gasteiger partial charge in [-0.15, -0.1) is 11.3 Å². The number of halogens is 1.